The number of ether oxygens (including phenoxy) is 1. The highest BCUT2D eigenvalue weighted by Gasteiger charge is 2.27. The maximum absolute atomic E-state index is 12.3. The van der Waals surface area contributed by atoms with E-state index in [0.29, 0.717) is 32.6 Å². The summed E-state index contributed by atoms with van der Waals surface area (Å²) in [4.78, 5) is 28.1. The average molecular weight is 396 g/mol. The first-order chi connectivity index (χ1) is 13.7. The summed E-state index contributed by atoms with van der Waals surface area (Å²) in [7, 11) is 0. The number of benzene rings is 1. The zero-order chi connectivity index (χ0) is 20.8. The van der Waals surface area contributed by atoms with Crippen LogP contribution in [0, 0.1) is 6.92 Å². The van der Waals surface area contributed by atoms with Gasteiger partial charge in [-0.25, -0.2) is 9.48 Å². The van der Waals surface area contributed by atoms with E-state index in [-0.39, 0.29) is 11.9 Å². The number of fused-ring (bicyclic) bond motifs is 1. The minimum atomic E-state index is -0.482. The molecule has 1 aromatic carbocycles. The van der Waals surface area contributed by atoms with E-state index in [0.717, 1.165) is 34.7 Å². The third-order valence-corrected chi connectivity index (χ3v) is 5.39. The van der Waals surface area contributed by atoms with Gasteiger partial charge in [0, 0.05) is 49.9 Å². The monoisotopic (exact) mass is 396 g/mol. The predicted molar refractivity (Wildman–Crippen MR) is 111 cm³/mol. The van der Waals surface area contributed by atoms with Gasteiger partial charge in [0.1, 0.15) is 5.60 Å². The van der Waals surface area contributed by atoms with Crippen molar-refractivity contribution < 1.29 is 14.3 Å². The van der Waals surface area contributed by atoms with Crippen LogP contribution in [0.25, 0.3) is 5.69 Å². The van der Waals surface area contributed by atoms with Gasteiger partial charge in [0.2, 0.25) is 0 Å². The molecule has 0 unspecified atom stereocenters. The highest BCUT2D eigenvalue weighted by molar-refractivity contribution is 6.00. The van der Waals surface area contributed by atoms with E-state index in [2.05, 4.69) is 17.0 Å². The maximum Gasteiger partial charge on any atom is 0.410 e. The number of aryl methyl sites for hydroxylation is 2. The molecule has 0 N–H and O–H groups in total. The molecule has 7 nitrogen and oxygen atoms in total. The van der Waals surface area contributed by atoms with E-state index in [9.17, 15) is 9.59 Å². The summed E-state index contributed by atoms with van der Waals surface area (Å²) in [6.07, 6.45) is 1.15. The lowest BCUT2D eigenvalue weighted by molar-refractivity contribution is 0.0240. The Kier molecular flexibility index (Phi) is 4.84. The first-order valence-corrected chi connectivity index (χ1v) is 10.2. The molecule has 1 saturated heterocycles. The van der Waals surface area contributed by atoms with Gasteiger partial charge in [-0.1, -0.05) is 0 Å². The number of hydrogen-bond donors (Lipinski definition) is 0. The van der Waals surface area contributed by atoms with Crippen LogP contribution >= 0.6 is 0 Å². The highest BCUT2D eigenvalue weighted by atomic mass is 16.6. The van der Waals surface area contributed by atoms with Crippen molar-refractivity contribution in [3.63, 3.8) is 0 Å². The van der Waals surface area contributed by atoms with Gasteiger partial charge in [-0.05, 0) is 57.9 Å². The molecule has 0 bridgehead atoms. The number of nitrogens with zero attached hydrogens (tertiary/aromatic N) is 4. The molecule has 1 aromatic heterocycles. The summed E-state index contributed by atoms with van der Waals surface area (Å²) in [6.45, 7) is 10.3. The molecule has 0 atom stereocenters. The third kappa shape index (κ3) is 3.99. The molecule has 29 heavy (non-hydrogen) atoms. The Morgan fingerprint density at radius 1 is 1.07 bits per heavy atom. The van der Waals surface area contributed by atoms with Gasteiger partial charge in [0.15, 0.2) is 11.6 Å². The van der Waals surface area contributed by atoms with E-state index in [4.69, 9.17) is 9.84 Å². The fraction of sp³-hybridized carbons (Fsp3) is 0.500. The molecule has 154 valence electrons. The minimum Gasteiger partial charge on any atom is -0.444 e. The number of hydrogen-bond acceptors (Lipinski definition) is 5. The second-order valence-electron chi connectivity index (χ2n) is 8.77. The van der Waals surface area contributed by atoms with Crippen molar-refractivity contribution in [2.24, 2.45) is 0 Å². The number of ketones is 1. The Morgan fingerprint density at radius 2 is 1.79 bits per heavy atom. The molecule has 2 aromatic rings. The number of aromatic nitrogens is 2. The van der Waals surface area contributed by atoms with Crippen molar-refractivity contribution in [1.82, 2.24) is 14.7 Å². The third-order valence-electron chi connectivity index (χ3n) is 5.39. The van der Waals surface area contributed by atoms with Crippen LogP contribution in [0.15, 0.2) is 24.3 Å². The Morgan fingerprint density at radius 3 is 2.48 bits per heavy atom. The number of carbonyl (C=O) groups excluding carboxylic acids is 2. The molecule has 0 spiro atoms. The quantitative estimate of drug-likeness (QED) is 0.779. The van der Waals surface area contributed by atoms with Crippen molar-refractivity contribution >= 4 is 17.7 Å². The molecule has 4 rings (SSSR count). The van der Waals surface area contributed by atoms with E-state index in [1.807, 2.05) is 44.5 Å². The second-order valence-corrected chi connectivity index (χ2v) is 8.77. The van der Waals surface area contributed by atoms with Crippen molar-refractivity contribution in [2.75, 3.05) is 31.1 Å². The normalized spacial score (nSPS) is 16.9. The number of rotatable bonds is 2. The van der Waals surface area contributed by atoms with Gasteiger partial charge < -0.3 is 14.5 Å². The smallest absolute Gasteiger partial charge is 0.410 e. The Labute approximate surface area is 171 Å². The molecule has 1 fully saturated rings. The van der Waals surface area contributed by atoms with Crippen molar-refractivity contribution in [1.29, 1.82) is 0 Å². The van der Waals surface area contributed by atoms with Crippen LogP contribution in [-0.4, -0.2) is 58.3 Å². The zero-order valence-corrected chi connectivity index (χ0v) is 17.6. The number of anilines is 1. The first-order valence-electron chi connectivity index (χ1n) is 10.2. The van der Waals surface area contributed by atoms with Gasteiger partial charge in [0.05, 0.1) is 5.69 Å². The highest BCUT2D eigenvalue weighted by Crippen LogP contribution is 2.26. The summed E-state index contributed by atoms with van der Waals surface area (Å²) in [5, 5.41) is 4.80. The molecule has 2 aliphatic rings. The molecule has 1 aliphatic heterocycles. The van der Waals surface area contributed by atoms with Crippen molar-refractivity contribution in [3.05, 3.63) is 41.1 Å². The Bertz CT molecular complexity index is 949. The van der Waals surface area contributed by atoms with Gasteiger partial charge in [-0.3, -0.25) is 4.79 Å². The van der Waals surface area contributed by atoms with Gasteiger partial charge in [-0.2, -0.15) is 5.10 Å². The lowest BCUT2D eigenvalue weighted by atomic mass is 10.1. The van der Waals surface area contributed by atoms with E-state index in [1.165, 1.54) is 0 Å². The van der Waals surface area contributed by atoms with E-state index >= 15 is 0 Å². The number of carbonyl (C=O) groups is 2. The molecule has 0 saturated carbocycles. The van der Waals surface area contributed by atoms with Gasteiger partial charge in [0.25, 0.3) is 0 Å². The fourth-order valence-corrected chi connectivity index (χ4v) is 3.89. The van der Waals surface area contributed by atoms with E-state index in [1.54, 1.807) is 4.90 Å². The fourth-order valence-electron chi connectivity index (χ4n) is 3.89. The number of amides is 1. The van der Waals surface area contributed by atoms with Crippen LogP contribution in [0.2, 0.25) is 0 Å². The second kappa shape index (κ2) is 7.21. The molecule has 2 heterocycles. The summed E-state index contributed by atoms with van der Waals surface area (Å²) < 4.78 is 7.40. The van der Waals surface area contributed by atoms with Crippen LogP contribution in [0.1, 0.15) is 48.8 Å². The Balaban J connectivity index is 1.46. The standard InChI is InChI=1S/C22H28N4O3/c1-15-13-20(24-9-11-25(12-10-24)21(28)29-22(2,3)4)23-26(15)17-6-7-18-16(14-17)5-8-19(18)27/h6-7,13-14H,5,8-12H2,1-4H3. The van der Waals surface area contributed by atoms with E-state index < -0.39 is 5.60 Å². The van der Waals surface area contributed by atoms with Crippen LogP contribution in [0.4, 0.5) is 10.6 Å². The SMILES string of the molecule is Cc1cc(N2CCN(C(=O)OC(C)(C)C)CC2)nn1-c1ccc2c(c1)CCC2=O. The number of piperazine rings is 1. The van der Waals surface area contributed by atoms with Gasteiger partial charge >= 0.3 is 6.09 Å². The van der Waals surface area contributed by atoms with Crippen molar-refractivity contribution in [2.45, 2.75) is 46.1 Å². The predicted octanol–water partition coefficient (Wildman–Crippen LogP) is 3.37. The van der Waals surface area contributed by atoms with Crippen molar-refractivity contribution in [3.8, 4) is 5.69 Å². The Hall–Kier alpha value is -2.83. The molecular weight excluding hydrogens is 368 g/mol. The lowest BCUT2D eigenvalue weighted by Gasteiger charge is -2.35. The topological polar surface area (TPSA) is 67.7 Å². The number of Topliss-reactive ketones (excluding diaryl/α,β-unsaturated/α-hetero) is 1. The molecule has 1 aliphatic carbocycles. The van der Waals surface area contributed by atoms with Crippen LogP contribution in [0.5, 0.6) is 0 Å². The largest absolute Gasteiger partial charge is 0.444 e. The first kappa shape index (κ1) is 19.5. The summed E-state index contributed by atoms with van der Waals surface area (Å²) in [5.41, 5.74) is 3.49. The molecule has 7 heteroatoms. The average Bonchev–Trinajstić information content (AvgIpc) is 3.23. The molecular formula is C22H28N4O3. The van der Waals surface area contributed by atoms with Crippen LogP contribution in [0.3, 0.4) is 0 Å². The van der Waals surface area contributed by atoms with Gasteiger partial charge in [-0.15, -0.1) is 0 Å². The minimum absolute atomic E-state index is 0.229. The molecule has 1 amide bonds. The van der Waals surface area contributed by atoms with Crippen LogP contribution in [-0.2, 0) is 11.2 Å². The molecule has 0 radical (unpaired) electrons. The lowest BCUT2D eigenvalue weighted by Crippen LogP contribution is -2.50. The van der Waals surface area contributed by atoms with Crippen LogP contribution < -0.4 is 4.90 Å². The summed E-state index contributed by atoms with van der Waals surface area (Å²) in [6, 6.07) is 8.03. The summed E-state index contributed by atoms with van der Waals surface area (Å²) in [5.74, 6) is 1.13. The zero-order valence-electron chi connectivity index (χ0n) is 17.6. The maximum atomic E-state index is 12.3. The summed E-state index contributed by atoms with van der Waals surface area (Å²) >= 11 is 0.